The van der Waals surface area contributed by atoms with Gasteiger partial charge in [-0.15, -0.1) is 0 Å². The summed E-state index contributed by atoms with van der Waals surface area (Å²) in [6, 6.07) is 3.20. The topological polar surface area (TPSA) is 9.23 Å². The molecule has 1 aromatic rings. The molecule has 4 heteroatoms. The summed E-state index contributed by atoms with van der Waals surface area (Å²) in [5, 5.41) is 0. The molecule has 0 saturated heterocycles. The molecule has 0 amide bonds. The summed E-state index contributed by atoms with van der Waals surface area (Å²) in [4.78, 5) is 0. The second-order valence-electron chi connectivity index (χ2n) is 9.47. The normalized spacial score (nSPS) is 24.0. The predicted molar refractivity (Wildman–Crippen MR) is 126 cm³/mol. The Bertz CT molecular complexity index is 762. The van der Waals surface area contributed by atoms with Crippen LogP contribution in [-0.4, -0.2) is 13.3 Å². The smallest absolute Gasteiger partial charge is 0.200 e. The number of alkyl halides is 1. The first-order chi connectivity index (χ1) is 15.6. The largest absolute Gasteiger partial charge is 0.491 e. The maximum atomic E-state index is 14.3. The average molecular weight is 449 g/mol. The zero-order valence-corrected chi connectivity index (χ0v) is 19.6. The molecule has 32 heavy (non-hydrogen) atoms. The van der Waals surface area contributed by atoms with Gasteiger partial charge in [0, 0.05) is 0 Å². The van der Waals surface area contributed by atoms with Crippen molar-refractivity contribution < 1.29 is 17.9 Å². The van der Waals surface area contributed by atoms with Crippen LogP contribution in [0, 0.1) is 29.4 Å². The van der Waals surface area contributed by atoms with Gasteiger partial charge >= 0.3 is 0 Å². The Kier molecular flexibility index (Phi) is 10.2. The fourth-order valence-electron chi connectivity index (χ4n) is 5.35. The van der Waals surface area contributed by atoms with Crippen LogP contribution in [-0.2, 0) is 6.42 Å². The Morgan fingerprint density at radius 2 is 1.78 bits per heavy atom. The minimum atomic E-state index is -0.868. The van der Waals surface area contributed by atoms with Crippen LogP contribution in [0.15, 0.2) is 35.9 Å². The van der Waals surface area contributed by atoms with E-state index < -0.39 is 11.6 Å². The van der Waals surface area contributed by atoms with E-state index in [1.165, 1.54) is 43.7 Å². The van der Waals surface area contributed by atoms with Crippen molar-refractivity contribution in [3.63, 3.8) is 0 Å². The first-order valence-corrected chi connectivity index (χ1v) is 12.6. The maximum Gasteiger partial charge on any atom is 0.200 e. The molecular weight excluding hydrogens is 409 g/mol. The Hall–Kier alpha value is -1.71. The predicted octanol–water partition coefficient (Wildman–Crippen LogP) is 8.53. The van der Waals surface area contributed by atoms with Crippen molar-refractivity contribution >= 4 is 0 Å². The van der Waals surface area contributed by atoms with Crippen molar-refractivity contribution in [2.45, 2.75) is 84.0 Å². The van der Waals surface area contributed by atoms with Gasteiger partial charge in [-0.05, 0) is 113 Å². The first kappa shape index (κ1) is 24.9. The molecule has 0 aliphatic heterocycles. The monoisotopic (exact) mass is 448 g/mol. The standard InChI is InChI=1S/C28H39F3O/c1-2-32-26-19-18-25(27(30)28(26)31)17-12-22-10-15-24(16-11-22)23-13-8-21(9-14-23)7-5-3-4-6-20-29/h5,7,10,18-19,21,23-24H,2-4,6,8-9,11-17,20H2,1H3/b7-5+. The van der Waals surface area contributed by atoms with Crippen LogP contribution in [0.3, 0.4) is 0 Å². The molecule has 3 rings (SSSR count). The summed E-state index contributed by atoms with van der Waals surface area (Å²) >= 11 is 0. The van der Waals surface area contributed by atoms with Crippen molar-refractivity contribution in [2.24, 2.45) is 17.8 Å². The number of aryl methyl sites for hydroxylation is 1. The molecule has 0 spiro atoms. The van der Waals surface area contributed by atoms with Gasteiger partial charge in [0.05, 0.1) is 13.3 Å². The highest BCUT2D eigenvalue weighted by Crippen LogP contribution is 2.40. The van der Waals surface area contributed by atoms with Crippen LogP contribution >= 0.6 is 0 Å². The van der Waals surface area contributed by atoms with Gasteiger partial charge in [-0.1, -0.05) is 29.9 Å². The van der Waals surface area contributed by atoms with Gasteiger partial charge in [0.2, 0.25) is 5.82 Å². The van der Waals surface area contributed by atoms with Gasteiger partial charge in [0.25, 0.3) is 0 Å². The molecule has 2 aliphatic carbocycles. The van der Waals surface area contributed by atoms with Gasteiger partial charge in [0.1, 0.15) is 0 Å². The van der Waals surface area contributed by atoms with Gasteiger partial charge in [-0.2, -0.15) is 4.39 Å². The molecule has 1 aromatic carbocycles. The summed E-state index contributed by atoms with van der Waals surface area (Å²) in [5.41, 5.74) is 1.82. The SMILES string of the molecule is CCOc1ccc(CCC2=CCC(C3CCC(/C=C/CCCCF)CC3)CC2)c(F)c1F. The minimum Gasteiger partial charge on any atom is -0.491 e. The Morgan fingerprint density at radius 1 is 0.969 bits per heavy atom. The van der Waals surface area contributed by atoms with Crippen molar-refractivity contribution in [2.75, 3.05) is 13.3 Å². The van der Waals surface area contributed by atoms with E-state index in [1.807, 2.05) is 0 Å². The van der Waals surface area contributed by atoms with Crippen LogP contribution in [0.2, 0.25) is 0 Å². The van der Waals surface area contributed by atoms with Crippen LogP contribution in [0.4, 0.5) is 13.2 Å². The summed E-state index contributed by atoms with van der Waals surface area (Å²) in [6.07, 6.45) is 19.6. The first-order valence-electron chi connectivity index (χ1n) is 12.6. The minimum absolute atomic E-state index is 0.00418. The lowest BCUT2D eigenvalue weighted by molar-refractivity contribution is 0.209. The number of hydrogen-bond acceptors (Lipinski definition) is 1. The lowest BCUT2D eigenvalue weighted by atomic mass is 9.71. The summed E-state index contributed by atoms with van der Waals surface area (Å²) in [6.45, 7) is 1.88. The molecule has 1 atom stereocenters. The number of unbranched alkanes of at least 4 members (excludes halogenated alkanes) is 2. The van der Waals surface area contributed by atoms with Gasteiger partial charge in [-0.3, -0.25) is 4.39 Å². The molecular formula is C28H39F3O. The Labute approximate surface area is 192 Å². The molecule has 1 saturated carbocycles. The van der Waals surface area contributed by atoms with Gasteiger partial charge < -0.3 is 4.74 Å². The molecule has 0 radical (unpaired) electrons. The summed E-state index contributed by atoms with van der Waals surface area (Å²) < 4.78 is 45.7. The third kappa shape index (κ3) is 7.15. The molecule has 0 aromatic heterocycles. The second-order valence-corrected chi connectivity index (χ2v) is 9.47. The molecule has 2 aliphatic rings. The van der Waals surface area contributed by atoms with Crippen molar-refractivity contribution in [3.05, 3.63) is 53.1 Å². The highest BCUT2D eigenvalue weighted by atomic mass is 19.2. The summed E-state index contributed by atoms with van der Waals surface area (Å²) in [7, 11) is 0. The molecule has 1 nitrogen and oxygen atoms in total. The third-order valence-electron chi connectivity index (χ3n) is 7.33. The van der Waals surface area contributed by atoms with E-state index in [-0.39, 0.29) is 12.4 Å². The van der Waals surface area contributed by atoms with E-state index in [0.29, 0.717) is 30.9 Å². The number of rotatable bonds is 11. The van der Waals surface area contributed by atoms with Crippen LogP contribution in [0.25, 0.3) is 0 Å². The highest BCUT2D eigenvalue weighted by Gasteiger charge is 2.28. The third-order valence-corrected chi connectivity index (χ3v) is 7.33. The molecule has 1 unspecified atom stereocenters. The summed E-state index contributed by atoms with van der Waals surface area (Å²) in [5.74, 6) is 0.659. The number of benzene rings is 1. The number of halogens is 3. The van der Waals surface area contributed by atoms with Crippen molar-refractivity contribution in [1.82, 2.24) is 0 Å². The number of hydrogen-bond donors (Lipinski definition) is 0. The van der Waals surface area contributed by atoms with Crippen LogP contribution in [0.1, 0.15) is 83.1 Å². The maximum absolute atomic E-state index is 14.3. The highest BCUT2D eigenvalue weighted by molar-refractivity contribution is 5.31. The fraction of sp³-hybridized carbons (Fsp3) is 0.643. The number of ether oxygens (including phenoxy) is 1. The van der Waals surface area contributed by atoms with Crippen LogP contribution < -0.4 is 4.74 Å². The van der Waals surface area contributed by atoms with E-state index in [2.05, 4.69) is 18.2 Å². The fourth-order valence-corrected chi connectivity index (χ4v) is 5.35. The van der Waals surface area contributed by atoms with E-state index in [9.17, 15) is 13.2 Å². The molecule has 1 fully saturated rings. The van der Waals surface area contributed by atoms with E-state index >= 15 is 0 Å². The Balaban J connectivity index is 1.40. The molecule has 0 bridgehead atoms. The van der Waals surface area contributed by atoms with E-state index in [1.54, 1.807) is 13.0 Å². The van der Waals surface area contributed by atoms with Crippen molar-refractivity contribution in [1.29, 1.82) is 0 Å². The zero-order chi connectivity index (χ0) is 22.8. The Morgan fingerprint density at radius 3 is 2.47 bits per heavy atom. The number of allylic oxidation sites excluding steroid dienone is 4. The quantitative estimate of drug-likeness (QED) is 0.243. The molecule has 178 valence electrons. The second kappa shape index (κ2) is 13.1. The van der Waals surface area contributed by atoms with E-state index in [4.69, 9.17) is 4.74 Å². The van der Waals surface area contributed by atoms with E-state index in [0.717, 1.165) is 43.9 Å². The van der Waals surface area contributed by atoms with Crippen LogP contribution in [0.5, 0.6) is 5.75 Å². The molecule has 0 N–H and O–H groups in total. The van der Waals surface area contributed by atoms with Gasteiger partial charge in [0.15, 0.2) is 11.6 Å². The lowest BCUT2D eigenvalue weighted by Crippen LogP contribution is -2.22. The average Bonchev–Trinajstić information content (AvgIpc) is 2.82. The lowest BCUT2D eigenvalue weighted by Gasteiger charge is -2.35. The molecule has 0 heterocycles. The zero-order valence-electron chi connectivity index (χ0n) is 19.6. The van der Waals surface area contributed by atoms with Gasteiger partial charge in [-0.25, -0.2) is 4.39 Å². The van der Waals surface area contributed by atoms with Crippen molar-refractivity contribution in [3.8, 4) is 5.75 Å².